The van der Waals surface area contributed by atoms with E-state index in [4.69, 9.17) is 9.26 Å². The fourth-order valence-corrected chi connectivity index (χ4v) is 2.46. The highest BCUT2D eigenvalue weighted by Gasteiger charge is 2.19. The molecule has 0 bridgehead atoms. The van der Waals surface area contributed by atoms with Gasteiger partial charge in [-0.05, 0) is 18.4 Å². The van der Waals surface area contributed by atoms with Crippen LogP contribution in [0.4, 0.5) is 0 Å². The van der Waals surface area contributed by atoms with Gasteiger partial charge in [0.2, 0.25) is 5.91 Å². The molecule has 1 heterocycles. The molecule has 1 N–H and O–H groups in total. The summed E-state index contributed by atoms with van der Waals surface area (Å²) in [6.45, 7) is 7.43. The number of esters is 1. The average Bonchev–Trinajstić information content (AvgIpc) is 2.99. The molecule has 1 unspecified atom stereocenters. The number of amides is 1. The van der Waals surface area contributed by atoms with Crippen LogP contribution in [0.3, 0.4) is 0 Å². The standard InChI is InChI=1S/C19H25N3O4/c1-12(2)9-17-21-18(26-22-17)11-25-19(24)10-16(20-14(4)23)15-7-5-13(3)6-8-15/h5-8,12,16H,9-11H2,1-4H3,(H,20,23). The molecule has 1 atom stereocenters. The summed E-state index contributed by atoms with van der Waals surface area (Å²) in [5.41, 5.74) is 1.95. The number of ether oxygens (including phenoxy) is 1. The number of rotatable bonds is 8. The SMILES string of the molecule is CC(=O)NC(CC(=O)OCc1nc(CC(C)C)no1)c1ccc(C)cc1. The largest absolute Gasteiger partial charge is 0.455 e. The molecule has 2 rings (SSSR count). The number of aryl methyl sites for hydroxylation is 1. The molecule has 140 valence electrons. The Bertz CT molecular complexity index is 737. The Morgan fingerprint density at radius 1 is 1.23 bits per heavy atom. The number of aromatic nitrogens is 2. The fraction of sp³-hybridized carbons (Fsp3) is 0.474. The number of nitrogens with one attached hydrogen (secondary N) is 1. The van der Waals surface area contributed by atoms with Gasteiger partial charge in [-0.15, -0.1) is 0 Å². The molecule has 1 aromatic carbocycles. The van der Waals surface area contributed by atoms with Crippen molar-refractivity contribution in [2.24, 2.45) is 5.92 Å². The highest BCUT2D eigenvalue weighted by atomic mass is 16.6. The summed E-state index contributed by atoms with van der Waals surface area (Å²) in [5.74, 6) is 0.615. The van der Waals surface area contributed by atoms with E-state index in [1.807, 2.05) is 31.2 Å². The van der Waals surface area contributed by atoms with E-state index in [2.05, 4.69) is 29.3 Å². The van der Waals surface area contributed by atoms with Crippen molar-refractivity contribution in [3.8, 4) is 0 Å². The van der Waals surface area contributed by atoms with Gasteiger partial charge in [0.25, 0.3) is 5.89 Å². The second-order valence-electron chi connectivity index (χ2n) is 6.73. The van der Waals surface area contributed by atoms with E-state index in [-0.39, 0.29) is 24.8 Å². The van der Waals surface area contributed by atoms with Crippen LogP contribution in [-0.4, -0.2) is 22.0 Å². The molecule has 1 aromatic heterocycles. The van der Waals surface area contributed by atoms with Gasteiger partial charge in [0.15, 0.2) is 12.4 Å². The third-order valence-corrected chi connectivity index (χ3v) is 3.69. The zero-order valence-electron chi connectivity index (χ0n) is 15.6. The minimum absolute atomic E-state index is 0.0234. The lowest BCUT2D eigenvalue weighted by molar-refractivity contribution is -0.146. The van der Waals surface area contributed by atoms with Crippen LogP contribution < -0.4 is 5.32 Å². The fourth-order valence-electron chi connectivity index (χ4n) is 2.46. The molecule has 0 saturated heterocycles. The lowest BCUT2D eigenvalue weighted by Gasteiger charge is -2.17. The second-order valence-corrected chi connectivity index (χ2v) is 6.73. The van der Waals surface area contributed by atoms with Gasteiger partial charge in [-0.25, -0.2) is 0 Å². The zero-order valence-corrected chi connectivity index (χ0v) is 15.6. The number of carbonyl (C=O) groups is 2. The van der Waals surface area contributed by atoms with E-state index in [9.17, 15) is 9.59 Å². The lowest BCUT2D eigenvalue weighted by atomic mass is 10.0. The first-order chi connectivity index (χ1) is 12.3. The van der Waals surface area contributed by atoms with Crippen LogP contribution in [0.15, 0.2) is 28.8 Å². The summed E-state index contributed by atoms with van der Waals surface area (Å²) in [7, 11) is 0. The van der Waals surface area contributed by atoms with Crippen LogP contribution in [0.2, 0.25) is 0 Å². The summed E-state index contributed by atoms with van der Waals surface area (Å²) < 4.78 is 10.3. The molecule has 7 heteroatoms. The van der Waals surface area contributed by atoms with Crippen molar-refractivity contribution in [1.82, 2.24) is 15.5 Å². The summed E-state index contributed by atoms with van der Waals surface area (Å²) in [6.07, 6.45) is 0.727. The first-order valence-electron chi connectivity index (χ1n) is 8.64. The summed E-state index contributed by atoms with van der Waals surface area (Å²) in [4.78, 5) is 27.8. The predicted octanol–water partition coefficient (Wildman–Crippen LogP) is 2.89. The Labute approximate surface area is 153 Å². The third kappa shape index (κ3) is 6.31. The molecule has 0 radical (unpaired) electrons. The molecule has 0 fully saturated rings. The van der Waals surface area contributed by atoms with Gasteiger partial charge in [0.05, 0.1) is 12.5 Å². The molecule has 26 heavy (non-hydrogen) atoms. The monoisotopic (exact) mass is 359 g/mol. The molecule has 0 aliphatic heterocycles. The average molecular weight is 359 g/mol. The van der Waals surface area contributed by atoms with Crippen LogP contribution in [0.5, 0.6) is 0 Å². The van der Waals surface area contributed by atoms with Crippen molar-refractivity contribution < 1.29 is 18.8 Å². The first kappa shape index (κ1) is 19.6. The van der Waals surface area contributed by atoms with E-state index in [0.29, 0.717) is 18.2 Å². The Balaban J connectivity index is 1.93. The second kappa shape index (κ2) is 9.12. The van der Waals surface area contributed by atoms with Crippen molar-refractivity contribution in [2.45, 2.75) is 53.2 Å². The van der Waals surface area contributed by atoms with Crippen LogP contribution in [0.25, 0.3) is 0 Å². The minimum Gasteiger partial charge on any atom is -0.455 e. The number of nitrogens with zero attached hydrogens (tertiary/aromatic N) is 2. The lowest BCUT2D eigenvalue weighted by Crippen LogP contribution is -2.28. The van der Waals surface area contributed by atoms with Crippen molar-refractivity contribution in [3.05, 3.63) is 47.1 Å². The Morgan fingerprint density at radius 2 is 1.92 bits per heavy atom. The summed E-state index contributed by atoms with van der Waals surface area (Å²) >= 11 is 0. The number of hydrogen-bond donors (Lipinski definition) is 1. The van der Waals surface area contributed by atoms with E-state index >= 15 is 0 Å². The highest BCUT2D eigenvalue weighted by molar-refractivity contribution is 5.76. The maximum Gasteiger partial charge on any atom is 0.308 e. The Morgan fingerprint density at radius 3 is 2.54 bits per heavy atom. The van der Waals surface area contributed by atoms with Gasteiger partial charge in [-0.1, -0.05) is 48.8 Å². The molecule has 0 spiro atoms. The van der Waals surface area contributed by atoms with Gasteiger partial charge >= 0.3 is 5.97 Å². The molecule has 0 aliphatic carbocycles. The number of hydrogen-bond acceptors (Lipinski definition) is 6. The molecule has 7 nitrogen and oxygen atoms in total. The van der Waals surface area contributed by atoms with Gasteiger partial charge in [0.1, 0.15) is 0 Å². The van der Waals surface area contributed by atoms with E-state index in [1.54, 1.807) is 0 Å². The molecule has 2 aromatic rings. The van der Waals surface area contributed by atoms with Crippen molar-refractivity contribution in [2.75, 3.05) is 0 Å². The smallest absolute Gasteiger partial charge is 0.308 e. The maximum absolute atomic E-state index is 12.2. The Hall–Kier alpha value is -2.70. The molecular weight excluding hydrogens is 334 g/mol. The summed E-state index contributed by atoms with van der Waals surface area (Å²) in [5, 5.41) is 6.64. The summed E-state index contributed by atoms with van der Waals surface area (Å²) in [6, 6.07) is 7.20. The number of carbonyl (C=O) groups excluding carboxylic acids is 2. The first-order valence-corrected chi connectivity index (χ1v) is 8.64. The third-order valence-electron chi connectivity index (χ3n) is 3.69. The molecule has 1 amide bonds. The quantitative estimate of drug-likeness (QED) is 0.728. The minimum atomic E-state index is -0.451. The zero-order chi connectivity index (χ0) is 19.1. The highest BCUT2D eigenvalue weighted by Crippen LogP contribution is 2.18. The van der Waals surface area contributed by atoms with Gasteiger partial charge in [-0.2, -0.15) is 4.98 Å². The van der Waals surface area contributed by atoms with Crippen LogP contribution in [0, 0.1) is 12.8 Å². The predicted molar refractivity (Wildman–Crippen MR) is 95.0 cm³/mol. The van der Waals surface area contributed by atoms with Crippen LogP contribution >= 0.6 is 0 Å². The van der Waals surface area contributed by atoms with E-state index in [0.717, 1.165) is 11.1 Å². The number of benzene rings is 1. The maximum atomic E-state index is 12.2. The van der Waals surface area contributed by atoms with E-state index < -0.39 is 12.0 Å². The van der Waals surface area contributed by atoms with Gasteiger partial charge in [0, 0.05) is 13.3 Å². The van der Waals surface area contributed by atoms with Crippen LogP contribution in [-0.2, 0) is 27.4 Å². The van der Waals surface area contributed by atoms with Gasteiger partial charge < -0.3 is 14.6 Å². The molecule has 0 saturated carbocycles. The van der Waals surface area contributed by atoms with Crippen molar-refractivity contribution in [3.63, 3.8) is 0 Å². The van der Waals surface area contributed by atoms with Crippen molar-refractivity contribution in [1.29, 1.82) is 0 Å². The van der Waals surface area contributed by atoms with Gasteiger partial charge in [-0.3, -0.25) is 9.59 Å². The normalized spacial score (nSPS) is 12.0. The topological polar surface area (TPSA) is 94.3 Å². The molecule has 0 aliphatic rings. The van der Waals surface area contributed by atoms with Crippen LogP contribution in [0.1, 0.15) is 56.1 Å². The van der Waals surface area contributed by atoms with Crippen molar-refractivity contribution >= 4 is 11.9 Å². The Kier molecular flexibility index (Phi) is 6.89. The molecular formula is C19H25N3O4. The van der Waals surface area contributed by atoms with E-state index in [1.165, 1.54) is 6.92 Å².